The minimum Gasteiger partial charge on any atom is -0.497 e. The number of hydrogen-bond donors (Lipinski definition) is 2. The minimum absolute atomic E-state index is 0.126. The van der Waals surface area contributed by atoms with Crippen LogP contribution in [0.15, 0.2) is 41.3 Å². The molecule has 2 N–H and O–H groups in total. The molecule has 7 nitrogen and oxygen atoms in total. The number of aliphatic hydroxyl groups excluding tert-OH is 1. The largest absolute Gasteiger partial charge is 0.497 e. The Labute approximate surface area is 146 Å². The van der Waals surface area contributed by atoms with Crippen LogP contribution < -0.4 is 10.1 Å². The fraction of sp³-hybridized carbons (Fsp3) is 0.444. The molecule has 2 heterocycles. The Bertz CT molecular complexity index is 671. The monoisotopic (exact) mass is 346 g/mol. The average molecular weight is 346 g/mol. The number of carbonyl (C=O) groups is 1. The predicted octanol–water partition coefficient (Wildman–Crippen LogP) is 1.10. The quantitative estimate of drug-likeness (QED) is 0.725. The van der Waals surface area contributed by atoms with Crippen molar-refractivity contribution in [1.82, 2.24) is 10.3 Å². The van der Waals surface area contributed by atoms with Crippen LogP contribution in [0.2, 0.25) is 0 Å². The van der Waals surface area contributed by atoms with Crippen molar-refractivity contribution in [2.75, 3.05) is 13.7 Å². The summed E-state index contributed by atoms with van der Waals surface area (Å²) in [5.74, 6) is 0.439. The number of esters is 1. The molecule has 0 saturated carbocycles. The number of nitrogens with zero attached hydrogens (tertiary/aromatic N) is 1. The van der Waals surface area contributed by atoms with Crippen LogP contribution >= 0.6 is 0 Å². The number of rotatable bonds is 7. The fourth-order valence-electron chi connectivity index (χ4n) is 2.94. The van der Waals surface area contributed by atoms with E-state index in [1.54, 1.807) is 7.11 Å². The van der Waals surface area contributed by atoms with E-state index in [-0.39, 0.29) is 18.4 Å². The summed E-state index contributed by atoms with van der Waals surface area (Å²) >= 11 is 0. The summed E-state index contributed by atoms with van der Waals surface area (Å²) in [6.45, 7) is 0.405. The van der Waals surface area contributed by atoms with E-state index in [1.807, 2.05) is 24.3 Å². The lowest BCUT2D eigenvalue weighted by atomic mass is 10.0. The number of aliphatic hydroxyl groups is 1. The molecule has 25 heavy (non-hydrogen) atoms. The Morgan fingerprint density at radius 2 is 2.20 bits per heavy atom. The third-order valence-corrected chi connectivity index (χ3v) is 4.32. The summed E-state index contributed by atoms with van der Waals surface area (Å²) < 4.78 is 15.5. The number of ether oxygens (including phenoxy) is 2. The SMILES string of the molecule is COc1ccc(C[C@H]2NC[C@H](O)[C@H]2OC(=O)CCc2cocn2)cc1. The van der Waals surface area contributed by atoms with Crippen LogP contribution in [0.1, 0.15) is 17.7 Å². The van der Waals surface area contributed by atoms with Crippen molar-refractivity contribution in [2.24, 2.45) is 0 Å². The molecule has 1 aromatic heterocycles. The summed E-state index contributed by atoms with van der Waals surface area (Å²) in [7, 11) is 1.62. The zero-order valence-corrected chi connectivity index (χ0v) is 14.1. The van der Waals surface area contributed by atoms with Gasteiger partial charge in [0.2, 0.25) is 0 Å². The fourth-order valence-corrected chi connectivity index (χ4v) is 2.94. The number of β-amino-alcohol motifs (C(OH)–C–C–N with tert-alkyl or cyclic N) is 1. The van der Waals surface area contributed by atoms with Gasteiger partial charge in [0.25, 0.3) is 0 Å². The van der Waals surface area contributed by atoms with Crippen molar-refractivity contribution in [2.45, 2.75) is 37.5 Å². The van der Waals surface area contributed by atoms with E-state index in [1.165, 1.54) is 12.7 Å². The van der Waals surface area contributed by atoms with Gasteiger partial charge in [0, 0.05) is 13.0 Å². The lowest BCUT2D eigenvalue weighted by molar-refractivity contribution is -0.154. The average Bonchev–Trinajstić information content (AvgIpc) is 3.26. The van der Waals surface area contributed by atoms with E-state index in [4.69, 9.17) is 13.9 Å². The molecular formula is C18H22N2O5. The first-order chi connectivity index (χ1) is 12.2. The summed E-state index contributed by atoms with van der Waals surface area (Å²) in [6, 6.07) is 7.59. The molecule has 0 radical (unpaired) electrons. The van der Waals surface area contributed by atoms with Gasteiger partial charge in [0.05, 0.1) is 25.3 Å². The first kappa shape index (κ1) is 17.4. The Kier molecular flexibility index (Phi) is 5.67. The molecule has 1 aliphatic heterocycles. The zero-order chi connectivity index (χ0) is 17.6. The highest BCUT2D eigenvalue weighted by Gasteiger charge is 2.37. The number of nitrogens with one attached hydrogen (secondary N) is 1. The Balaban J connectivity index is 1.55. The van der Waals surface area contributed by atoms with Crippen molar-refractivity contribution in [3.05, 3.63) is 48.2 Å². The van der Waals surface area contributed by atoms with Gasteiger partial charge in [-0.1, -0.05) is 12.1 Å². The van der Waals surface area contributed by atoms with E-state index in [2.05, 4.69) is 10.3 Å². The van der Waals surface area contributed by atoms with Gasteiger partial charge < -0.3 is 24.3 Å². The van der Waals surface area contributed by atoms with E-state index in [9.17, 15) is 9.90 Å². The predicted molar refractivity (Wildman–Crippen MR) is 89.2 cm³/mol. The summed E-state index contributed by atoms with van der Waals surface area (Å²) in [5, 5.41) is 13.4. The molecule has 134 valence electrons. The van der Waals surface area contributed by atoms with Crippen molar-refractivity contribution in [3.63, 3.8) is 0 Å². The molecule has 1 aliphatic rings. The first-order valence-corrected chi connectivity index (χ1v) is 8.26. The van der Waals surface area contributed by atoms with Crippen LogP contribution in [0.5, 0.6) is 5.75 Å². The minimum atomic E-state index is -0.709. The highest BCUT2D eigenvalue weighted by Crippen LogP contribution is 2.19. The second kappa shape index (κ2) is 8.13. The van der Waals surface area contributed by atoms with Gasteiger partial charge in [0.15, 0.2) is 6.39 Å². The number of aromatic nitrogens is 1. The van der Waals surface area contributed by atoms with Gasteiger partial charge in [-0.15, -0.1) is 0 Å². The smallest absolute Gasteiger partial charge is 0.306 e. The van der Waals surface area contributed by atoms with Gasteiger partial charge in [0.1, 0.15) is 24.2 Å². The Hall–Kier alpha value is -2.38. The summed E-state index contributed by atoms with van der Waals surface area (Å²) in [4.78, 5) is 16.1. The maximum Gasteiger partial charge on any atom is 0.306 e. The molecule has 7 heteroatoms. The molecule has 1 aromatic carbocycles. The van der Waals surface area contributed by atoms with Crippen LogP contribution in [0.4, 0.5) is 0 Å². The van der Waals surface area contributed by atoms with Crippen LogP contribution in [0.3, 0.4) is 0 Å². The number of methoxy groups -OCH3 is 1. The van der Waals surface area contributed by atoms with Crippen LogP contribution in [0, 0.1) is 0 Å². The molecule has 0 bridgehead atoms. The van der Waals surface area contributed by atoms with Gasteiger partial charge in [-0.2, -0.15) is 0 Å². The van der Waals surface area contributed by atoms with E-state index >= 15 is 0 Å². The number of benzene rings is 1. The number of aryl methyl sites for hydroxylation is 1. The highest BCUT2D eigenvalue weighted by atomic mass is 16.6. The zero-order valence-electron chi connectivity index (χ0n) is 14.1. The normalized spacial score (nSPS) is 22.7. The molecular weight excluding hydrogens is 324 g/mol. The summed E-state index contributed by atoms with van der Waals surface area (Å²) in [5.41, 5.74) is 1.79. The van der Waals surface area contributed by atoms with Crippen molar-refractivity contribution in [1.29, 1.82) is 0 Å². The molecule has 1 fully saturated rings. The molecule has 0 amide bonds. The second-order valence-corrected chi connectivity index (χ2v) is 6.07. The number of oxazole rings is 1. The van der Waals surface area contributed by atoms with Gasteiger partial charge >= 0.3 is 5.97 Å². The van der Waals surface area contributed by atoms with Crippen LogP contribution in [-0.4, -0.2) is 48.0 Å². The Morgan fingerprint density at radius 3 is 2.88 bits per heavy atom. The van der Waals surface area contributed by atoms with Gasteiger partial charge in [-0.05, 0) is 24.1 Å². The van der Waals surface area contributed by atoms with Crippen molar-refractivity contribution < 1.29 is 23.8 Å². The molecule has 0 aliphatic carbocycles. The topological polar surface area (TPSA) is 93.8 Å². The molecule has 3 rings (SSSR count). The maximum absolute atomic E-state index is 12.1. The molecule has 0 unspecified atom stereocenters. The lowest BCUT2D eigenvalue weighted by Gasteiger charge is -2.22. The van der Waals surface area contributed by atoms with E-state index in [0.29, 0.717) is 25.1 Å². The van der Waals surface area contributed by atoms with E-state index in [0.717, 1.165) is 11.3 Å². The number of carbonyl (C=O) groups excluding carboxylic acids is 1. The van der Waals surface area contributed by atoms with Crippen LogP contribution in [-0.2, 0) is 22.4 Å². The van der Waals surface area contributed by atoms with Crippen molar-refractivity contribution >= 4 is 5.97 Å². The number of hydrogen-bond acceptors (Lipinski definition) is 7. The van der Waals surface area contributed by atoms with E-state index < -0.39 is 12.2 Å². The van der Waals surface area contributed by atoms with Gasteiger partial charge in [-0.25, -0.2) is 4.98 Å². The molecule has 0 spiro atoms. The third-order valence-electron chi connectivity index (χ3n) is 4.32. The maximum atomic E-state index is 12.1. The van der Waals surface area contributed by atoms with Gasteiger partial charge in [-0.3, -0.25) is 4.79 Å². The molecule has 2 aromatic rings. The Morgan fingerprint density at radius 1 is 1.40 bits per heavy atom. The van der Waals surface area contributed by atoms with Crippen molar-refractivity contribution in [3.8, 4) is 5.75 Å². The summed E-state index contributed by atoms with van der Waals surface area (Å²) in [6.07, 6.45) is 2.87. The highest BCUT2D eigenvalue weighted by molar-refractivity contribution is 5.70. The third kappa shape index (κ3) is 4.58. The molecule has 3 atom stereocenters. The van der Waals surface area contributed by atoms with Crippen LogP contribution in [0.25, 0.3) is 0 Å². The first-order valence-electron chi connectivity index (χ1n) is 8.26. The molecule has 1 saturated heterocycles. The standard InChI is InChI=1S/C18H22N2O5/c1-23-14-5-2-12(3-6-14)8-15-18(16(21)9-19-15)25-17(22)7-4-13-10-24-11-20-13/h2-3,5-6,10-11,15-16,18-19,21H,4,7-9H2,1H3/t15-,16+,18+/m1/s1. The lowest BCUT2D eigenvalue weighted by Crippen LogP contribution is -2.39. The second-order valence-electron chi connectivity index (χ2n) is 6.07.